The number of benzene rings is 2. The van der Waals surface area contributed by atoms with E-state index in [4.69, 9.17) is 9.84 Å². The molecule has 0 bridgehead atoms. The van der Waals surface area contributed by atoms with Gasteiger partial charge in [-0.15, -0.1) is 0 Å². The van der Waals surface area contributed by atoms with E-state index in [1.165, 1.54) is 23.5 Å². The fourth-order valence-corrected chi connectivity index (χ4v) is 3.66. The van der Waals surface area contributed by atoms with Gasteiger partial charge in [0, 0.05) is 29.5 Å². The molecule has 156 valence electrons. The number of hydrogen-bond acceptors (Lipinski definition) is 5. The molecule has 1 heterocycles. The molecule has 3 rings (SSSR count). The Balaban J connectivity index is 1.72. The predicted octanol–water partition coefficient (Wildman–Crippen LogP) is 4.64. The van der Waals surface area contributed by atoms with Crippen LogP contribution in [0.2, 0.25) is 0 Å². The molecule has 3 aromatic rings. The quantitative estimate of drug-likeness (QED) is 0.477. The van der Waals surface area contributed by atoms with Crippen LogP contribution in [0, 0.1) is 5.82 Å². The van der Waals surface area contributed by atoms with Crippen LogP contribution in [-0.4, -0.2) is 41.9 Å². The predicted molar refractivity (Wildman–Crippen MR) is 114 cm³/mol. The molecule has 0 aliphatic carbocycles. The molecular weight excluding hydrogens is 405 g/mol. The van der Waals surface area contributed by atoms with Gasteiger partial charge in [0.1, 0.15) is 17.7 Å². The minimum Gasteiger partial charge on any atom is -0.486 e. The third kappa shape index (κ3) is 5.98. The van der Waals surface area contributed by atoms with Crippen LogP contribution >= 0.6 is 11.3 Å². The molecule has 1 unspecified atom stereocenters. The number of nitrogens with zero attached hydrogens (tertiary/aromatic N) is 1. The molecule has 1 atom stereocenters. The Hall–Kier alpha value is -3.03. The molecule has 0 aliphatic heterocycles. The summed E-state index contributed by atoms with van der Waals surface area (Å²) in [5, 5.41) is 12.6. The number of carboxylic acids is 1. The number of carboxylic acid groups (broad SMARTS) is 1. The molecule has 0 fully saturated rings. The first kappa shape index (κ1) is 21.7. The summed E-state index contributed by atoms with van der Waals surface area (Å²) in [4.78, 5) is 25.0. The van der Waals surface area contributed by atoms with Crippen LogP contribution in [-0.2, 0) is 4.79 Å². The monoisotopic (exact) mass is 427 g/mol. The lowest BCUT2D eigenvalue weighted by Crippen LogP contribution is -2.28. The van der Waals surface area contributed by atoms with E-state index >= 15 is 0 Å². The van der Waals surface area contributed by atoms with E-state index in [1.807, 2.05) is 10.8 Å². The van der Waals surface area contributed by atoms with E-state index in [0.717, 1.165) is 5.56 Å². The smallest absolute Gasteiger partial charge is 0.317 e. The summed E-state index contributed by atoms with van der Waals surface area (Å²) in [6, 6.07) is 14.7. The van der Waals surface area contributed by atoms with E-state index in [9.17, 15) is 14.0 Å². The molecule has 0 saturated heterocycles. The van der Waals surface area contributed by atoms with Crippen molar-refractivity contribution in [2.45, 2.75) is 12.5 Å². The number of hydrogen-bond donors (Lipinski definition) is 1. The lowest BCUT2D eigenvalue weighted by atomic mass is 10.0. The van der Waals surface area contributed by atoms with Crippen molar-refractivity contribution in [1.29, 1.82) is 0 Å². The second-order valence-electron chi connectivity index (χ2n) is 6.94. The number of ether oxygens (including phenoxy) is 1. The first-order chi connectivity index (χ1) is 14.4. The number of aliphatic carboxylic acids is 1. The maximum Gasteiger partial charge on any atom is 0.317 e. The molecule has 30 heavy (non-hydrogen) atoms. The zero-order valence-corrected chi connectivity index (χ0v) is 17.3. The summed E-state index contributed by atoms with van der Waals surface area (Å²) in [6.45, 7) is 0.415. The van der Waals surface area contributed by atoms with Gasteiger partial charge < -0.3 is 9.84 Å². The van der Waals surface area contributed by atoms with Crippen LogP contribution in [0.4, 0.5) is 4.39 Å². The maximum absolute atomic E-state index is 13.3. The number of thiophene rings is 1. The summed E-state index contributed by atoms with van der Waals surface area (Å²) >= 11 is 1.47. The molecule has 1 aromatic heterocycles. The number of ketones is 1. The molecule has 7 heteroatoms. The van der Waals surface area contributed by atoms with Gasteiger partial charge in [-0.25, -0.2) is 4.39 Å². The van der Waals surface area contributed by atoms with E-state index in [1.54, 1.807) is 54.4 Å². The zero-order valence-electron chi connectivity index (χ0n) is 16.5. The van der Waals surface area contributed by atoms with Crippen LogP contribution < -0.4 is 4.74 Å². The van der Waals surface area contributed by atoms with Gasteiger partial charge in [-0.05, 0) is 60.5 Å². The molecule has 0 radical (unpaired) electrons. The summed E-state index contributed by atoms with van der Waals surface area (Å²) in [7, 11) is 1.72. The molecular formula is C23H22FNO4S. The highest BCUT2D eigenvalue weighted by Gasteiger charge is 2.17. The van der Waals surface area contributed by atoms with Crippen molar-refractivity contribution >= 4 is 23.1 Å². The van der Waals surface area contributed by atoms with Crippen LogP contribution in [0.3, 0.4) is 0 Å². The summed E-state index contributed by atoms with van der Waals surface area (Å²) in [5.74, 6) is -0.709. The number of rotatable bonds is 10. The Morgan fingerprint density at radius 1 is 1.07 bits per heavy atom. The van der Waals surface area contributed by atoms with Gasteiger partial charge in [0.2, 0.25) is 0 Å². The van der Waals surface area contributed by atoms with Gasteiger partial charge in [0.15, 0.2) is 5.78 Å². The fourth-order valence-electron chi connectivity index (χ4n) is 3.03. The second kappa shape index (κ2) is 10.1. The molecule has 0 aliphatic rings. The van der Waals surface area contributed by atoms with Crippen molar-refractivity contribution in [3.05, 3.63) is 87.9 Å². The Labute approximate surface area is 178 Å². The third-order valence-corrected chi connectivity index (χ3v) is 5.28. The minimum absolute atomic E-state index is 0.0480. The summed E-state index contributed by atoms with van der Waals surface area (Å²) in [6.07, 6.45) is 0.130. The number of halogens is 1. The highest BCUT2D eigenvalue weighted by Crippen LogP contribution is 2.26. The topological polar surface area (TPSA) is 66.8 Å². The Morgan fingerprint density at radius 3 is 2.37 bits per heavy atom. The van der Waals surface area contributed by atoms with Crippen molar-refractivity contribution in [1.82, 2.24) is 4.90 Å². The molecule has 1 N–H and O–H groups in total. The van der Waals surface area contributed by atoms with Crippen molar-refractivity contribution in [2.75, 3.05) is 20.1 Å². The lowest BCUT2D eigenvalue weighted by molar-refractivity contribution is -0.138. The minimum atomic E-state index is -0.900. The zero-order chi connectivity index (χ0) is 21.5. The van der Waals surface area contributed by atoms with Gasteiger partial charge in [-0.3, -0.25) is 14.5 Å². The van der Waals surface area contributed by atoms with E-state index < -0.39 is 5.97 Å². The molecule has 0 saturated carbocycles. The van der Waals surface area contributed by atoms with Gasteiger partial charge in [-0.2, -0.15) is 11.3 Å². The Bertz CT molecular complexity index is 971. The Morgan fingerprint density at radius 2 is 1.77 bits per heavy atom. The fraction of sp³-hybridized carbons (Fsp3) is 0.217. The van der Waals surface area contributed by atoms with Gasteiger partial charge in [-0.1, -0.05) is 12.1 Å². The van der Waals surface area contributed by atoms with Gasteiger partial charge in [0.05, 0.1) is 6.54 Å². The van der Waals surface area contributed by atoms with E-state index in [2.05, 4.69) is 0 Å². The summed E-state index contributed by atoms with van der Waals surface area (Å²) in [5.41, 5.74) is 2.01. The highest BCUT2D eigenvalue weighted by atomic mass is 32.1. The number of carbonyl (C=O) groups excluding carboxylic acids is 1. The van der Waals surface area contributed by atoms with Crippen molar-refractivity contribution < 1.29 is 23.8 Å². The first-order valence-electron chi connectivity index (χ1n) is 9.42. The number of likely N-dealkylation sites (N-methyl/N-ethyl adjacent to an activating group) is 1. The molecule has 5 nitrogen and oxygen atoms in total. The van der Waals surface area contributed by atoms with Crippen molar-refractivity contribution in [3.8, 4) is 5.75 Å². The third-order valence-electron chi connectivity index (χ3n) is 4.60. The molecule has 0 spiro atoms. The lowest BCUT2D eigenvalue weighted by Gasteiger charge is -2.22. The van der Waals surface area contributed by atoms with Gasteiger partial charge in [0.25, 0.3) is 0 Å². The van der Waals surface area contributed by atoms with E-state index in [-0.39, 0.29) is 24.2 Å². The second-order valence-corrected chi connectivity index (χ2v) is 7.72. The number of carbonyl (C=O) groups is 2. The highest BCUT2D eigenvalue weighted by molar-refractivity contribution is 7.08. The van der Waals surface area contributed by atoms with Crippen LogP contribution in [0.15, 0.2) is 65.4 Å². The standard InChI is InChI=1S/C23H22FNO4S/c1-25(14-22(26)27)12-10-21(16-2-6-19(24)7-3-16)29-20-8-4-17(5-9-20)23(28)18-11-13-30-15-18/h2-9,11,13,15,21H,10,12,14H2,1H3,(H,26,27). The van der Waals surface area contributed by atoms with Crippen molar-refractivity contribution in [2.24, 2.45) is 0 Å². The summed E-state index contributed by atoms with van der Waals surface area (Å²) < 4.78 is 19.4. The molecule has 0 amide bonds. The maximum atomic E-state index is 13.3. The SMILES string of the molecule is CN(CCC(Oc1ccc(C(=O)c2ccsc2)cc1)c1ccc(F)cc1)CC(=O)O. The van der Waals surface area contributed by atoms with Crippen LogP contribution in [0.25, 0.3) is 0 Å². The largest absolute Gasteiger partial charge is 0.486 e. The van der Waals surface area contributed by atoms with E-state index in [0.29, 0.717) is 29.8 Å². The molecule has 2 aromatic carbocycles. The van der Waals surface area contributed by atoms with Crippen molar-refractivity contribution in [3.63, 3.8) is 0 Å². The first-order valence-corrected chi connectivity index (χ1v) is 10.4. The Kier molecular flexibility index (Phi) is 7.32. The van der Waals surface area contributed by atoms with Gasteiger partial charge >= 0.3 is 5.97 Å². The average molecular weight is 427 g/mol. The average Bonchev–Trinajstić information content (AvgIpc) is 3.26. The van der Waals surface area contributed by atoms with Crippen LogP contribution in [0.5, 0.6) is 5.75 Å². The van der Waals surface area contributed by atoms with Crippen LogP contribution in [0.1, 0.15) is 34.0 Å². The normalized spacial score (nSPS) is 12.0.